The first-order chi connectivity index (χ1) is 16.5. The number of fused-ring (bicyclic) bond motifs is 1. The molecule has 0 unspecified atom stereocenters. The van der Waals surface area contributed by atoms with Crippen LogP contribution in [0.3, 0.4) is 0 Å². The van der Waals surface area contributed by atoms with E-state index in [1.54, 1.807) is 15.5 Å². The van der Waals surface area contributed by atoms with Gasteiger partial charge in [0.05, 0.1) is 17.3 Å². The van der Waals surface area contributed by atoms with Gasteiger partial charge in [-0.2, -0.15) is 10.1 Å². The number of nitrogens with zero attached hydrogens (tertiary/aromatic N) is 8. The molecule has 5 heterocycles. The van der Waals surface area contributed by atoms with Crippen LogP contribution in [0.15, 0.2) is 6.07 Å². The number of amides is 1. The number of rotatable bonds is 7. The standard InChI is InChI=1S/C22H29ClN8O3/c1-15-16(23)12-17(34-13-20(32)30-10-5-11-33-14-30)21-24-18(26-31(15)21)6-7-19-25-22(27-28(19)2)29-8-3-4-9-29/h12H,3-11,13-14H2,1-2H3. The summed E-state index contributed by atoms with van der Waals surface area (Å²) in [6, 6.07) is 1.69. The molecule has 0 aromatic carbocycles. The van der Waals surface area contributed by atoms with Crippen molar-refractivity contribution < 1.29 is 14.3 Å². The molecule has 0 saturated carbocycles. The lowest BCUT2D eigenvalue weighted by Crippen LogP contribution is -2.40. The van der Waals surface area contributed by atoms with E-state index < -0.39 is 0 Å². The van der Waals surface area contributed by atoms with Crippen molar-refractivity contribution in [2.45, 2.75) is 39.0 Å². The Hall–Kier alpha value is -2.92. The van der Waals surface area contributed by atoms with Crippen LogP contribution >= 0.6 is 11.6 Å². The zero-order chi connectivity index (χ0) is 23.7. The van der Waals surface area contributed by atoms with Gasteiger partial charge in [0.2, 0.25) is 5.95 Å². The van der Waals surface area contributed by atoms with Crippen LogP contribution in [-0.4, -0.2) is 79.7 Å². The first-order valence-corrected chi connectivity index (χ1v) is 12.1. The van der Waals surface area contributed by atoms with Crippen molar-refractivity contribution >= 4 is 29.1 Å². The molecule has 2 fully saturated rings. The SMILES string of the molecule is Cc1c(Cl)cc(OCC(=O)N2CCCOC2)c2nc(CCc3nc(N4CCCC4)nn3C)nn12. The van der Waals surface area contributed by atoms with E-state index in [0.29, 0.717) is 55.0 Å². The minimum absolute atomic E-state index is 0.112. The van der Waals surface area contributed by atoms with Gasteiger partial charge in [0.25, 0.3) is 5.91 Å². The highest BCUT2D eigenvalue weighted by atomic mass is 35.5. The molecule has 12 heteroatoms. The lowest BCUT2D eigenvalue weighted by molar-refractivity contribution is -0.142. The van der Waals surface area contributed by atoms with Gasteiger partial charge in [-0.15, -0.1) is 5.10 Å². The van der Waals surface area contributed by atoms with Crippen molar-refractivity contribution in [2.24, 2.45) is 7.05 Å². The Morgan fingerprint density at radius 3 is 2.74 bits per heavy atom. The van der Waals surface area contributed by atoms with Gasteiger partial charge in [-0.1, -0.05) is 11.6 Å². The Kier molecular flexibility index (Phi) is 6.55. The highest BCUT2D eigenvalue weighted by Crippen LogP contribution is 2.27. The Morgan fingerprint density at radius 1 is 1.15 bits per heavy atom. The van der Waals surface area contributed by atoms with E-state index >= 15 is 0 Å². The number of halogens is 1. The van der Waals surface area contributed by atoms with E-state index in [4.69, 9.17) is 26.1 Å². The second kappa shape index (κ2) is 9.75. The fourth-order valence-corrected chi connectivity index (χ4v) is 4.44. The van der Waals surface area contributed by atoms with Crippen LogP contribution in [0.25, 0.3) is 5.65 Å². The lowest BCUT2D eigenvalue weighted by Gasteiger charge is -2.26. The fraction of sp³-hybridized carbons (Fsp3) is 0.591. The predicted octanol–water partition coefficient (Wildman–Crippen LogP) is 1.79. The van der Waals surface area contributed by atoms with Gasteiger partial charge in [-0.05, 0) is 26.2 Å². The molecule has 182 valence electrons. The zero-order valence-electron chi connectivity index (χ0n) is 19.5. The summed E-state index contributed by atoms with van der Waals surface area (Å²) in [4.78, 5) is 25.7. The molecule has 0 atom stereocenters. The summed E-state index contributed by atoms with van der Waals surface area (Å²) in [7, 11) is 1.92. The Balaban J connectivity index is 1.30. The number of carbonyl (C=O) groups excluding carboxylic acids is 1. The van der Waals surface area contributed by atoms with Gasteiger partial charge < -0.3 is 19.3 Å². The molecule has 11 nitrogen and oxygen atoms in total. The third kappa shape index (κ3) is 4.67. The number of hydrogen-bond donors (Lipinski definition) is 0. The van der Waals surface area contributed by atoms with Crippen LogP contribution in [0, 0.1) is 6.92 Å². The van der Waals surface area contributed by atoms with E-state index in [-0.39, 0.29) is 12.5 Å². The van der Waals surface area contributed by atoms with Crippen molar-refractivity contribution in [1.82, 2.24) is 34.3 Å². The summed E-state index contributed by atoms with van der Waals surface area (Å²) in [6.07, 6.45) is 4.44. The minimum atomic E-state index is -0.134. The van der Waals surface area contributed by atoms with Gasteiger partial charge in [0.1, 0.15) is 12.6 Å². The second-order valence-electron chi connectivity index (χ2n) is 8.69. The zero-order valence-corrected chi connectivity index (χ0v) is 20.3. The van der Waals surface area contributed by atoms with Crippen molar-refractivity contribution in [3.63, 3.8) is 0 Å². The third-order valence-corrected chi connectivity index (χ3v) is 6.65. The highest BCUT2D eigenvalue weighted by molar-refractivity contribution is 6.31. The molecule has 0 radical (unpaired) electrons. The number of carbonyl (C=O) groups is 1. The molecule has 5 rings (SSSR count). The molecule has 2 aliphatic heterocycles. The first-order valence-electron chi connectivity index (χ1n) is 11.7. The molecule has 0 aliphatic carbocycles. The van der Waals surface area contributed by atoms with E-state index in [1.807, 2.05) is 18.7 Å². The fourth-order valence-electron chi connectivity index (χ4n) is 4.26. The van der Waals surface area contributed by atoms with Crippen molar-refractivity contribution in [3.8, 4) is 5.75 Å². The Morgan fingerprint density at radius 2 is 1.97 bits per heavy atom. The lowest BCUT2D eigenvalue weighted by atomic mass is 10.3. The quantitative estimate of drug-likeness (QED) is 0.496. The molecular formula is C22H29ClN8O3. The number of hydrogen-bond acceptors (Lipinski definition) is 8. The number of aromatic nitrogens is 6. The molecule has 34 heavy (non-hydrogen) atoms. The van der Waals surface area contributed by atoms with E-state index in [9.17, 15) is 4.79 Å². The van der Waals surface area contributed by atoms with E-state index in [0.717, 1.165) is 37.0 Å². The van der Waals surface area contributed by atoms with Crippen LogP contribution in [0.4, 0.5) is 5.95 Å². The number of anilines is 1. The van der Waals surface area contributed by atoms with Gasteiger partial charge in [0.15, 0.2) is 23.8 Å². The maximum Gasteiger partial charge on any atom is 0.262 e. The summed E-state index contributed by atoms with van der Waals surface area (Å²) in [5.74, 6) is 2.62. The van der Waals surface area contributed by atoms with Crippen LogP contribution in [0.2, 0.25) is 5.02 Å². The summed E-state index contributed by atoms with van der Waals surface area (Å²) >= 11 is 6.41. The summed E-state index contributed by atoms with van der Waals surface area (Å²) in [5, 5.41) is 9.70. The average molecular weight is 489 g/mol. The second-order valence-corrected chi connectivity index (χ2v) is 9.10. The molecule has 0 spiro atoms. The van der Waals surface area contributed by atoms with Crippen molar-refractivity contribution in [3.05, 3.63) is 28.4 Å². The molecule has 0 bridgehead atoms. The van der Waals surface area contributed by atoms with Crippen molar-refractivity contribution in [1.29, 1.82) is 0 Å². The largest absolute Gasteiger partial charge is 0.480 e. The van der Waals surface area contributed by atoms with Gasteiger partial charge >= 0.3 is 0 Å². The summed E-state index contributed by atoms with van der Waals surface area (Å²) < 4.78 is 14.7. The van der Waals surface area contributed by atoms with Crippen molar-refractivity contribution in [2.75, 3.05) is 44.5 Å². The van der Waals surface area contributed by atoms with Gasteiger partial charge in [-0.25, -0.2) is 9.50 Å². The summed E-state index contributed by atoms with van der Waals surface area (Å²) in [6.45, 7) is 5.42. The summed E-state index contributed by atoms with van der Waals surface area (Å²) in [5.41, 5.74) is 1.30. The Bertz CT molecular complexity index is 1180. The first kappa shape index (κ1) is 22.9. The molecular weight excluding hydrogens is 460 g/mol. The average Bonchev–Trinajstić information content (AvgIpc) is 3.59. The molecule has 3 aromatic rings. The van der Waals surface area contributed by atoms with Crippen LogP contribution in [0.1, 0.15) is 36.6 Å². The predicted molar refractivity (Wildman–Crippen MR) is 125 cm³/mol. The van der Waals surface area contributed by atoms with Crippen LogP contribution < -0.4 is 9.64 Å². The number of ether oxygens (including phenoxy) is 2. The molecule has 2 aliphatic rings. The smallest absolute Gasteiger partial charge is 0.262 e. The van der Waals surface area contributed by atoms with Crippen LogP contribution in [-0.2, 0) is 29.4 Å². The molecule has 0 N–H and O–H groups in total. The third-order valence-electron chi connectivity index (χ3n) is 6.26. The molecule has 3 aromatic heterocycles. The van der Waals surface area contributed by atoms with Gasteiger partial charge in [-0.3, -0.25) is 9.48 Å². The number of pyridine rings is 1. The number of aryl methyl sites for hydroxylation is 4. The van der Waals surface area contributed by atoms with E-state index in [1.165, 1.54) is 12.8 Å². The maximum atomic E-state index is 12.5. The topological polar surface area (TPSA) is 103 Å². The molecule has 2 saturated heterocycles. The van der Waals surface area contributed by atoms with E-state index in [2.05, 4.69) is 20.1 Å². The van der Waals surface area contributed by atoms with Crippen LogP contribution in [0.5, 0.6) is 5.75 Å². The maximum absolute atomic E-state index is 12.5. The normalized spacial score (nSPS) is 16.6. The highest BCUT2D eigenvalue weighted by Gasteiger charge is 2.21. The Labute approximate surface area is 202 Å². The monoisotopic (exact) mass is 488 g/mol. The minimum Gasteiger partial charge on any atom is -0.480 e. The van der Waals surface area contributed by atoms with Gasteiger partial charge in [0, 0.05) is 45.6 Å². The molecule has 1 amide bonds.